The Kier molecular flexibility index (Phi) is 5.76. The summed E-state index contributed by atoms with van der Waals surface area (Å²) in [5.74, 6) is 0.172. The van der Waals surface area contributed by atoms with E-state index < -0.39 is 12.1 Å². The van der Waals surface area contributed by atoms with E-state index in [2.05, 4.69) is 15.6 Å². The molecular formula is C21H23N3O3. The van der Waals surface area contributed by atoms with Crippen LogP contribution in [0, 0.1) is 0 Å². The lowest BCUT2D eigenvalue weighted by Gasteiger charge is -2.19. The van der Waals surface area contributed by atoms with Gasteiger partial charge in [-0.1, -0.05) is 36.4 Å². The molecule has 0 aliphatic rings. The minimum absolute atomic E-state index is 0.0325. The standard InChI is InChI=1S/C21H23N3O3/c1-14(2)23-20(25)19(24-21(26)27-16-8-4-3-5-9-16)12-15-13-22-18-11-7-6-10-17(15)18/h3-11,13-14,19,22H,12H2,1-2H3,(H,23,25)(H,24,26)/t19-/m0/s1. The van der Waals surface area contributed by atoms with Gasteiger partial charge in [-0.25, -0.2) is 4.79 Å². The van der Waals surface area contributed by atoms with Crippen molar-refractivity contribution in [2.24, 2.45) is 0 Å². The predicted molar refractivity (Wildman–Crippen MR) is 105 cm³/mol. The number of benzene rings is 2. The zero-order valence-corrected chi connectivity index (χ0v) is 15.4. The normalized spacial score (nSPS) is 12.0. The molecular weight excluding hydrogens is 342 g/mol. The van der Waals surface area contributed by atoms with Crippen LogP contribution in [0.3, 0.4) is 0 Å². The summed E-state index contributed by atoms with van der Waals surface area (Å²) >= 11 is 0. The van der Waals surface area contributed by atoms with E-state index in [-0.39, 0.29) is 11.9 Å². The Labute approximate surface area is 157 Å². The summed E-state index contributed by atoms with van der Waals surface area (Å²) in [5, 5.41) is 6.57. The first-order valence-corrected chi connectivity index (χ1v) is 8.91. The smallest absolute Gasteiger partial charge is 0.410 e. The van der Waals surface area contributed by atoms with Crippen LogP contribution >= 0.6 is 0 Å². The Hall–Kier alpha value is -3.28. The van der Waals surface area contributed by atoms with Crippen molar-refractivity contribution in [3.05, 3.63) is 66.4 Å². The van der Waals surface area contributed by atoms with Crippen LogP contribution in [0.4, 0.5) is 4.79 Å². The van der Waals surface area contributed by atoms with Crippen molar-refractivity contribution >= 4 is 22.9 Å². The molecule has 27 heavy (non-hydrogen) atoms. The van der Waals surface area contributed by atoms with Gasteiger partial charge in [-0.15, -0.1) is 0 Å². The van der Waals surface area contributed by atoms with E-state index in [1.54, 1.807) is 24.3 Å². The zero-order chi connectivity index (χ0) is 19.2. The average Bonchev–Trinajstić information content (AvgIpc) is 3.04. The van der Waals surface area contributed by atoms with Crippen molar-refractivity contribution < 1.29 is 14.3 Å². The number of aromatic nitrogens is 1. The average molecular weight is 365 g/mol. The molecule has 3 aromatic rings. The second kappa shape index (κ2) is 8.40. The third-order valence-electron chi connectivity index (χ3n) is 4.09. The van der Waals surface area contributed by atoms with Crippen LogP contribution in [-0.4, -0.2) is 29.1 Å². The topological polar surface area (TPSA) is 83.2 Å². The largest absolute Gasteiger partial charge is 0.413 e. The van der Waals surface area contributed by atoms with Gasteiger partial charge in [0.05, 0.1) is 0 Å². The maximum atomic E-state index is 12.6. The second-order valence-electron chi connectivity index (χ2n) is 6.63. The molecule has 6 heteroatoms. The summed E-state index contributed by atoms with van der Waals surface area (Å²) in [5.41, 5.74) is 1.94. The highest BCUT2D eigenvalue weighted by molar-refractivity contribution is 5.88. The van der Waals surface area contributed by atoms with Gasteiger partial charge in [0.2, 0.25) is 5.91 Å². The summed E-state index contributed by atoms with van der Waals surface area (Å²) in [4.78, 5) is 28.1. The number of para-hydroxylation sites is 2. The van der Waals surface area contributed by atoms with Crippen molar-refractivity contribution in [3.8, 4) is 5.75 Å². The van der Waals surface area contributed by atoms with E-state index in [0.717, 1.165) is 16.5 Å². The molecule has 0 radical (unpaired) electrons. The number of ether oxygens (including phenoxy) is 1. The van der Waals surface area contributed by atoms with Gasteiger partial charge in [-0.3, -0.25) is 4.79 Å². The number of hydrogen-bond donors (Lipinski definition) is 3. The number of H-pyrrole nitrogens is 1. The molecule has 0 bridgehead atoms. The van der Waals surface area contributed by atoms with Gasteiger partial charge in [-0.05, 0) is 37.6 Å². The lowest BCUT2D eigenvalue weighted by Crippen LogP contribution is -2.50. The van der Waals surface area contributed by atoms with Crippen molar-refractivity contribution in [2.45, 2.75) is 32.4 Å². The summed E-state index contributed by atoms with van der Waals surface area (Å²) < 4.78 is 5.27. The molecule has 140 valence electrons. The molecule has 1 heterocycles. The highest BCUT2D eigenvalue weighted by Gasteiger charge is 2.24. The quantitative estimate of drug-likeness (QED) is 0.626. The van der Waals surface area contributed by atoms with Crippen LogP contribution in [-0.2, 0) is 11.2 Å². The lowest BCUT2D eigenvalue weighted by molar-refractivity contribution is -0.123. The fourth-order valence-electron chi connectivity index (χ4n) is 2.88. The second-order valence-corrected chi connectivity index (χ2v) is 6.63. The maximum absolute atomic E-state index is 12.6. The molecule has 2 aromatic carbocycles. The van der Waals surface area contributed by atoms with Gasteiger partial charge in [0, 0.05) is 29.6 Å². The monoisotopic (exact) mass is 365 g/mol. The molecule has 1 atom stereocenters. The first kappa shape index (κ1) is 18.5. The van der Waals surface area contributed by atoms with E-state index in [1.165, 1.54) is 0 Å². The molecule has 3 N–H and O–H groups in total. The first-order valence-electron chi connectivity index (χ1n) is 8.91. The third-order valence-corrected chi connectivity index (χ3v) is 4.09. The Morgan fingerprint density at radius 1 is 1.00 bits per heavy atom. The third kappa shape index (κ3) is 4.88. The molecule has 3 rings (SSSR count). The summed E-state index contributed by atoms with van der Waals surface area (Å²) in [6.07, 6.45) is 1.56. The van der Waals surface area contributed by atoms with E-state index in [0.29, 0.717) is 12.2 Å². The number of aromatic amines is 1. The molecule has 0 aliphatic heterocycles. The number of carbonyl (C=O) groups is 2. The number of fused-ring (bicyclic) bond motifs is 1. The van der Waals surface area contributed by atoms with Crippen LogP contribution in [0.15, 0.2) is 60.8 Å². The van der Waals surface area contributed by atoms with Crippen molar-refractivity contribution in [1.82, 2.24) is 15.6 Å². The molecule has 0 spiro atoms. The minimum Gasteiger partial charge on any atom is -0.410 e. The zero-order valence-electron chi connectivity index (χ0n) is 15.4. The Bertz CT molecular complexity index is 919. The SMILES string of the molecule is CC(C)NC(=O)[C@H](Cc1c[nH]c2ccccc12)NC(=O)Oc1ccccc1. The highest BCUT2D eigenvalue weighted by Crippen LogP contribution is 2.19. The van der Waals surface area contributed by atoms with Crippen LogP contribution < -0.4 is 15.4 Å². The number of rotatable bonds is 6. The first-order chi connectivity index (χ1) is 13.0. The fourth-order valence-corrected chi connectivity index (χ4v) is 2.88. The van der Waals surface area contributed by atoms with E-state index in [1.807, 2.05) is 50.4 Å². The van der Waals surface area contributed by atoms with Gasteiger partial charge in [0.25, 0.3) is 0 Å². The molecule has 6 nitrogen and oxygen atoms in total. The Morgan fingerprint density at radius 3 is 2.44 bits per heavy atom. The number of amides is 2. The predicted octanol–water partition coefficient (Wildman–Crippen LogP) is 3.39. The van der Waals surface area contributed by atoms with E-state index in [9.17, 15) is 9.59 Å². The molecule has 1 aromatic heterocycles. The van der Waals surface area contributed by atoms with E-state index >= 15 is 0 Å². The molecule has 0 aliphatic carbocycles. The number of hydrogen-bond acceptors (Lipinski definition) is 3. The molecule has 0 saturated heterocycles. The van der Waals surface area contributed by atoms with Gasteiger partial charge in [0.15, 0.2) is 0 Å². The summed E-state index contributed by atoms with van der Waals surface area (Å²) in [6.45, 7) is 3.76. The van der Waals surface area contributed by atoms with Crippen molar-refractivity contribution in [2.75, 3.05) is 0 Å². The van der Waals surface area contributed by atoms with Gasteiger partial charge in [0.1, 0.15) is 11.8 Å². The Balaban J connectivity index is 1.76. The van der Waals surface area contributed by atoms with Gasteiger partial charge >= 0.3 is 6.09 Å². The van der Waals surface area contributed by atoms with Crippen LogP contribution in [0.5, 0.6) is 5.75 Å². The number of nitrogens with one attached hydrogen (secondary N) is 3. The molecule has 0 saturated carbocycles. The molecule has 2 amide bonds. The minimum atomic E-state index is -0.747. The van der Waals surface area contributed by atoms with E-state index in [4.69, 9.17) is 4.74 Å². The maximum Gasteiger partial charge on any atom is 0.413 e. The van der Waals surface area contributed by atoms with Crippen LogP contribution in [0.25, 0.3) is 10.9 Å². The summed E-state index contributed by atoms with van der Waals surface area (Å²) in [6, 6.07) is 15.8. The van der Waals surface area contributed by atoms with Crippen LogP contribution in [0.1, 0.15) is 19.4 Å². The van der Waals surface area contributed by atoms with Gasteiger partial charge in [-0.2, -0.15) is 0 Å². The molecule has 0 unspecified atom stereocenters. The fraction of sp³-hybridized carbons (Fsp3) is 0.238. The molecule has 0 fully saturated rings. The highest BCUT2D eigenvalue weighted by atomic mass is 16.6. The van der Waals surface area contributed by atoms with Crippen LogP contribution in [0.2, 0.25) is 0 Å². The van der Waals surface area contributed by atoms with Crippen molar-refractivity contribution in [3.63, 3.8) is 0 Å². The number of carbonyl (C=O) groups excluding carboxylic acids is 2. The lowest BCUT2D eigenvalue weighted by atomic mass is 10.0. The summed E-state index contributed by atoms with van der Waals surface area (Å²) in [7, 11) is 0. The Morgan fingerprint density at radius 2 is 1.70 bits per heavy atom. The van der Waals surface area contributed by atoms with Crippen molar-refractivity contribution in [1.29, 1.82) is 0 Å². The van der Waals surface area contributed by atoms with Gasteiger partial charge < -0.3 is 20.4 Å².